The summed E-state index contributed by atoms with van der Waals surface area (Å²) in [7, 11) is -1.83. The summed E-state index contributed by atoms with van der Waals surface area (Å²) in [5, 5.41) is 12.2. The Kier molecular flexibility index (Phi) is 7.57. The van der Waals surface area contributed by atoms with Crippen LogP contribution < -0.4 is 10.2 Å². The van der Waals surface area contributed by atoms with Gasteiger partial charge in [0.1, 0.15) is 5.82 Å². The van der Waals surface area contributed by atoms with E-state index in [1.54, 1.807) is 36.3 Å². The quantitative estimate of drug-likeness (QED) is 0.425. The maximum absolute atomic E-state index is 14.1. The minimum atomic E-state index is -3.63. The first kappa shape index (κ1) is 30.6. The number of aryl methyl sites for hydroxylation is 1. The Morgan fingerprint density at radius 2 is 1.82 bits per heavy atom. The van der Waals surface area contributed by atoms with Crippen molar-refractivity contribution in [3.63, 3.8) is 0 Å². The summed E-state index contributed by atoms with van der Waals surface area (Å²) in [5.41, 5.74) is 1.96. The molecule has 1 aromatic carbocycles. The number of aromatic nitrogens is 2. The number of nitrogens with one attached hydrogen (secondary N) is 1. The normalized spacial score (nSPS) is 23.9. The average molecular weight is 625 g/mol. The highest BCUT2D eigenvalue weighted by molar-refractivity contribution is 7.92. The molecule has 6 rings (SSSR count). The number of sulfone groups is 1. The lowest BCUT2D eigenvalue weighted by atomic mass is 9.48. The van der Waals surface area contributed by atoms with E-state index in [1.807, 2.05) is 11.8 Å². The predicted octanol–water partition coefficient (Wildman–Crippen LogP) is 5.81. The molecule has 0 radical (unpaired) electrons. The molecule has 2 N–H and O–H groups in total. The van der Waals surface area contributed by atoms with E-state index in [-0.39, 0.29) is 28.8 Å². The molecular weight excluding hydrogens is 580 g/mol. The lowest BCUT2D eigenvalue weighted by Crippen LogP contribution is -2.63. The molecule has 12 heteroatoms. The largest absolute Gasteiger partial charge is 0.465 e. The summed E-state index contributed by atoms with van der Waals surface area (Å²) < 4.78 is 28.2. The van der Waals surface area contributed by atoms with Gasteiger partial charge in [-0.1, -0.05) is 33.6 Å². The van der Waals surface area contributed by atoms with Gasteiger partial charge in [-0.15, -0.1) is 0 Å². The molecule has 0 bridgehead atoms. The minimum absolute atomic E-state index is 0.0430. The molecule has 11 nitrogen and oxygen atoms in total. The van der Waals surface area contributed by atoms with Gasteiger partial charge in [0, 0.05) is 43.6 Å². The number of anilines is 3. The maximum Gasteiger partial charge on any atom is 0.407 e. The fourth-order valence-corrected chi connectivity index (χ4v) is 11.0. The van der Waals surface area contributed by atoms with Gasteiger partial charge in [-0.25, -0.2) is 23.0 Å². The van der Waals surface area contributed by atoms with Crippen LogP contribution in [0.2, 0.25) is 0 Å². The van der Waals surface area contributed by atoms with Crippen LogP contribution in [-0.4, -0.2) is 76.8 Å². The number of nitrogens with zero attached hydrogens (tertiary/aromatic N) is 5. The summed E-state index contributed by atoms with van der Waals surface area (Å²) in [5.74, 6) is 0.947. The van der Waals surface area contributed by atoms with Crippen molar-refractivity contribution in [3.05, 3.63) is 35.5 Å². The minimum Gasteiger partial charge on any atom is -0.465 e. The molecule has 2 aliphatic heterocycles. The molecule has 2 saturated carbocycles. The molecule has 4 aliphatic rings. The summed E-state index contributed by atoms with van der Waals surface area (Å²) >= 11 is 0. The zero-order valence-electron chi connectivity index (χ0n) is 26.3. The number of fused-ring (bicyclic) bond motifs is 1. The van der Waals surface area contributed by atoms with E-state index < -0.39 is 21.2 Å². The number of hydrogen-bond donors (Lipinski definition) is 2. The van der Waals surface area contributed by atoms with E-state index in [2.05, 4.69) is 31.1 Å². The van der Waals surface area contributed by atoms with Gasteiger partial charge in [0.05, 0.1) is 16.7 Å². The number of amides is 3. The van der Waals surface area contributed by atoms with Crippen molar-refractivity contribution >= 4 is 39.4 Å². The van der Waals surface area contributed by atoms with Gasteiger partial charge in [-0.3, -0.25) is 4.90 Å². The van der Waals surface area contributed by atoms with Gasteiger partial charge in [0.25, 0.3) is 0 Å². The number of hydrogen-bond acceptors (Lipinski definition) is 7. The van der Waals surface area contributed by atoms with E-state index >= 15 is 0 Å². The van der Waals surface area contributed by atoms with E-state index in [1.165, 1.54) is 4.90 Å². The SMILES string of the molecule is Cc1cc(S(=O)(=O)C2CC3(CCN(C(=O)O)CC3)C2C(C)(C)C)ccc1Nc1ncc2c(n1)N(C1CCCC1)C(=O)N(C)C2. The Labute approximate surface area is 260 Å². The topological polar surface area (TPSA) is 136 Å². The van der Waals surface area contributed by atoms with Crippen molar-refractivity contribution < 1.29 is 23.1 Å². The summed E-state index contributed by atoms with van der Waals surface area (Å²) in [6, 6.07) is 5.23. The van der Waals surface area contributed by atoms with Crippen molar-refractivity contribution in [2.45, 2.75) is 95.4 Å². The Morgan fingerprint density at radius 3 is 2.43 bits per heavy atom. The second kappa shape index (κ2) is 10.9. The van der Waals surface area contributed by atoms with Gasteiger partial charge in [0.15, 0.2) is 9.84 Å². The van der Waals surface area contributed by atoms with E-state index in [9.17, 15) is 23.1 Å². The molecule has 2 atom stereocenters. The van der Waals surface area contributed by atoms with Crippen molar-refractivity contribution in [2.24, 2.45) is 16.7 Å². The molecule has 3 amide bonds. The van der Waals surface area contributed by atoms with Gasteiger partial charge >= 0.3 is 12.1 Å². The van der Waals surface area contributed by atoms with Crippen LogP contribution in [-0.2, 0) is 16.4 Å². The van der Waals surface area contributed by atoms with Gasteiger partial charge in [-0.2, -0.15) is 4.98 Å². The lowest BCUT2D eigenvalue weighted by Gasteiger charge is -2.62. The van der Waals surface area contributed by atoms with E-state index in [4.69, 9.17) is 4.98 Å². The summed E-state index contributed by atoms with van der Waals surface area (Å²) in [4.78, 5) is 39.2. The fraction of sp³-hybridized carbons (Fsp3) is 0.625. The number of benzene rings is 1. The molecule has 3 fully saturated rings. The fourth-order valence-electron chi connectivity index (χ4n) is 8.42. The first-order valence-corrected chi connectivity index (χ1v) is 17.3. The number of rotatable bonds is 5. The third-order valence-corrected chi connectivity index (χ3v) is 12.6. The third-order valence-electron chi connectivity index (χ3n) is 10.5. The molecule has 1 aromatic heterocycles. The second-order valence-electron chi connectivity index (χ2n) is 14.4. The number of likely N-dealkylation sites (tertiary alicyclic amines) is 1. The first-order chi connectivity index (χ1) is 20.7. The monoisotopic (exact) mass is 624 g/mol. The highest BCUT2D eigenvalue weighted by Gasteiger charge is 2.62. The third kappa shape index (κ3) is 5.18. The number of carbonyl (C=O) groups excluding carboxylic acids is 1. The lowest BCUT2D eigenvalue weighted by molar-refractivity contribution is -0.0789. The van der Waals surface area contributed by atoms with Crippen molar-refractivity contribution in [3.8, 4) is 0 Å². The molecule has 2 unspecified atom stereocenters. The standard InChI is InChI=1S/C32H44N6O5S/c1-20-16-23(44(42,43)25-17-32(26(25)31(2,3)4)12-14-37(15-13-32)30(40)41)10-11-24(20)34-28-33-18-21-19-36(5)29(39)38(27(21)35-28)22-8-6-7-9-22/h10-11,16,18,22,25-26H,6-9,12-15,17,19H2,1-5H3,(H,40,41)(H,33,34,35). The van der Waals surface area contributed by atoms with Gasteiger partial charge in [0.2, 0.25) is 5.95 Å². The molecule has 2 aromatic rings. The second-order valence-corrected chi connectivity index (χ2v) is 16.5. The van der Waals surface area contributed by atoms with Gasteiger partial charge < -0.3 is 20.2 Å². The summed E-state index contributed by atoms with van der Waals surface area (Å²) in [6.45, 7) is 9.51. The van der Waals surface area contributed by atoms with E-state index in [0.717, 1.165) is 36.8 Å². The Bertz CT molecular complexity index is 1570. The molecule has 1 spiro atoms. The van der Waals surface area contributed by atoms with Crippen molar-refractivity contribution in [1.82, 2.24) is 19.8 Å². The molecule has 44 heavy (non-hydrogen) atoms. The Morgan fingerprint density at radius 1 is 1.14 bits per heavy atom. The van der Waals surface area contributed by atoms with Gasteiger partial charge in [-0.05, 0) is 79.5 Å². The van der Waals surface area contributed by atoms with Crippen LogP contribution in [0.25, 0.3) is 0 Å². The zero-order chi connectivity index (χ0) is 31.6. The van der Waals surface area contributed by atoms with Crippen LogP contribution in [0.3, 0.4) is 0 Å². The van der Waals surface area contributed by atoms with Crippen molar-refractivity contribution in [1.29, 1.82) is 0 Å². The Hall–Kier alpha value is -3.41. The highest BCUT2D eigenvalue weighted by Crippen LogP contribution is 2.62. The highest BCUT2D eigenvalue weighted by atomic mass is 32.2. The Balaban J connectivity index is 1.22. The molecular formula is C32H44N6O5S. The van der Waals surface area contributed by atoms with Crippen molar-refractivity contribution in [2.75, 3.05) is 30.4 Å². The van der Waals surface area contributed by atoms with Crippen LogP contribution in [0.5, 0.6) is 0 Å². The van der Waals surface area contributed by atoms with Crippen LogP contribution in [0.4, 0.5) is 27.0 Å². The number of carboxylic acid groups (broad SMARTS) is 1. The molecule has 1 saturated heterocycles. The molecule has 3 heterocycles. The van der Waals surface area contributed by atoms with Crippen LogP contribution in [0.15, 0.2) is 29.3 Å². The first-order valence-electron chi connectivity index (χ1n) is 15.7. The number of piperidine rings is 1. The molecule has 238 valence electrons. The number of urea groups is 1. The number of carbonyl (C=O) groups is 2. The predicted molar refractivity (Wildman–Crippen MR) is 168 cm³/mol. The van der Waals surface area contributed by atoms with Crippen LogP contribution >= 0.6 is 0 Å². The van der Waals surface area contributed by atoms with E-state index in [0.29, 0.717) is 61.2 Å². The average Bonchev–Trinajstić information content (AvgIpc) is 3.47. The maximum atomic E-state index is 14.1. The van der Waals surface area contributed by atoms with Crippen LogP contribution in [0.1, 0.15) is 76.8 Å². The van der Waals surface area contributed by atoms with Crippen LogP contribution in [0, 0.1) is 23.7 Å². The summed E-state index contributed by atoms with van der Waals surface area (Å²) in [6.07, 6.45) is 6.90. The smallest absolute Gasteiger partial charge is 0.407 e. The zero-order valence-corrected chi connectivity index (χ0v) is 27.2. The molecule has 2 aliphatic carbocycles.